The first-order valence-electron chi connectivity index (χ1n) is 25.9. The van der Waals surface area contributed by atoms with E-state index in [1.807, 2.05) is 13.8 Å². The smallest absolute Gasteiger partial charge is 0.136 e. The van der Waals surface area contributed by atoms with E-state index in [1.165, 1.54) is 122 Å². The van der Waals surface area contributed by atoms with E-state index < -0.39 is 0 Å². The van der Waals surface area contributed by atoms with Crippen LogP contribution >= 0.6 is 0 Å². The van der Waals surface area contributed by atoms with Crippen LogP contribution in [0.3, 0.4) is 0 Å². The van der Waals surface area contributed by atoms with E-state index >= 15 is 0 Å². The molecule has 2 rings (SSSR count). The predicted octanol–water partition coefficient (Wildman–Crippen LogP) is 17.8. The van der Waals surface area contributed by atoms with Gasteiger partial charge < -0.3 is 18.9 Å². The predicted molar refractivity (Wildman–Crippen MR) is 271 cm³/mol. The number of rotatable bonds is 32. The van der Waals surface area contributed by atoms with Gasteiger partial charge in [0.1, 0.15) is 23.0 Å². The Morgan fingerprint density at radius 2 is 0.629 bits per heavy atom. The Kier molecular flexibility index (Phi) is 32.2. The van der Waals surface area contributed by atoms with Gasteiger partial charge in [-0.2, -0.15) is 0 Å². The molecule has 62 heavy (non-hydrogen) atoms. The summed E-state index contributed by atoms with van der Waals surface area (Å²) in [6.45, 7) is 29.0. The molecule has 0 bridgehead atoms. The van der Waals surface area contributed by atoms with Crippen molar-refractivity contribution in [1.82, 2.24) is 0 Å². The minimum Gasteiger partial charge on any atom is -0.493 e. The van der Waals surface area contributed by atoms with Crippen molar-refractivity contribution < 1.29 is 18.9 Å². The maximum absolute atomic E-state index is 6.63. The molecule has 0 N–H and O–H groups in total. The zero-order valence-electron chi connectivity index (χ0n) is 42.7. The summed E-state index contributed by atoms with van der Waals surface area (Å²) in [6.07, 6.45) is 29.2. The Morgan fingerprint density at radius 3 is 0.952 bits per heavy atom. The van der Waals surface area contributed by atoms with Crippen molar-refractivity contribution in [1.29, 1.82) is 0 Å². The molecule has 352 valence electrons. The molecule has 0 fully saturated rings. The molecule has 4 heteroatoms. The molecule has 0 saturated heterocycles. The summed E-state index contributed by atoms with van der Waals surface area (Å²) in [5, 5.41) is 0. The largest absolute Gasteiger partial charge is 0.493 e. The normalized spacial score (nSPS) is 11.2. The average Bonchev–Trinajstić information content (AvgIpc) is 3.24. The third-order valence-electron chi connectivity index (χ3n) is 10.9. The molecular formula is C58H96O4. The van der Waals surface area contributed by atoms with Gasteiger partial charge in [-0.15, -0.1) is 0 Å². The highest BCUT2D eigenvalue weighted by Crippen LogP contribution is 2.38. The number of ether oxygens (including phenoxy) is 4. The van der Waals surface area contributed by atoms with Gasteiger partial charge in [-0.3, -0.25) is 0 Å². The zero-order chi connectivity index (χ0) is 45.9. The van der Waals surface area contributed by atoms with E-state index in [9.17, 15) is 0 Å². The Morgan fingerprint density at radius 1 is 0.355 bits per heavy atom. The molecule has 0 radical (unpaired) electrons. The maximum Gasteiger partial charge on any atom is 0.136 e. The van der Waals surface area contributed by atoms with Gasteiger partial charge in [0.25, 0.3) is 0 Å². The van der Waals surface area contributed by atoms with E-state index in [-0.39, 0.29) is 10.8 Å². The Bertz CT molecular complexity index is 1550. The lowest BCUT2D eigenvalue weighted by atomic mass is 9.85. The van der Waals surface area contributed by atoms with Crippen LogP contribution < -0.4 is 18.9 Å². The van der Waals surface area contributed by atoms with Gasteiger partial charge in [-0.05, 0) is 64.0 Å². The van der Waals surface area contributed by atoms with Crippen LogP contribution in [0.15, 0.2) is 24.3 Å². The molecule has 0 saturated carbocycles. The number of benzene rings is 2. The molecule has 2 aromatic carbocycles. The molecule has 2 aromatic rings. The first-order chi connectivity index (χ1) is 29.9. The fourth-order valence-corrected chi connectivity index (χ4v) is 7.12. The summed E-state index contributed by atoms with van der Waals surface area (Å²) in [4.78, 5) is 0. The highest BCUT2D eigenvalue weighted by molar-refractivity contribution is 5.62. The van der Waals surface area contributed by atoms with Crippen molar-refractivity contribution in [3.05, 3.63) is 46.5 Å². The maximum atomic E-state index is 6.63. The molecule has 0 aliphatic carbocycles. The molecule has 0 amide bonds. The van der Waals surface area contributed by atoms with Crippen LogP contribution in [-0.4, -0.2) is 26.4 Å². The summed E-state index contributed by atoms with van der Waals surface area (Å²) < 4.78 is 26.4. The monoisotopic (exact) mass is 857 g/mol. The van der Waals surface area contributed by atoms with Crippen LogP contribution in [0.4, 0.5) is 0 Å². The first kappa shape index (κ1) is 56.8. The minimum absolute atomic E-state index is 0.121. The van der Waals surface area contributed by atoms with Gasteiger partial charge in [-0.25, -0.2) is 0 Å². The number of hydrogen-bond acceptors (Lipinski definition) is 4. The number of hydrogen-bond donors (Lipinski definition) is 0. The van der Waals surface area contributed by atoms with Crippen molar-refractivity contribution in [2.45, 2.75) is 243 Å². The summed E-state index contributed by atoms with van der Waals surface area (Å²) in [7, 11) is 0. The lowest BCUT2D eigenvalue weighted by Crippen LogP contribution is -2.15. The van der Waals surface area contributed by atoms with Crippen LogP contribution in [0.25, 0.3) is 0 Å². The molecular weight excluding hydrogens is 761 g/mol. The third-order valence-corrected chi connectivity index (χ3v) is 10.9. The lowest BCUT2D eigenvalue weighted by molar-refractivity contribution is 0.289. The van der Waals surface area contributed by atoms with Crippen molar-refractivity contribution in [3.8, 4) is 46.7 Å². The Balaban J connectivity index is 0.00000946. The molecule has 0 aromatic heterocycles. The molecule has 0 atom stereocenters. The molecule has 0 heterocycles. The van der Waals surface area contributed by atoms with E-state index in [0.717, 1.165) is 77.4 Å². The SMILES string of the molecule is CC.CCCCCCCCOc1cc(C#CC(C)(C)C)c(OCCCCCCCC)cc1C#Cc1cc(OCCCCCCCC)c(C(C)(C)C)cc1OCCCCCCCC. The van der Waals surface area contributed by atoms with E-state index in [2.05, 4.69) is 117 Å². The van der Waals surface area contributed by atoms with Gasteiger partial charge in [-0.1, -0.05) is 214 Å². The van der Waals surface area contributed by atoms with Crippen molar-refractivity contribution in [2.75, 3.05) is 26.4 Å². The molecule has 0 unspecified atom stereocenters. The van der Waals surface area contributed by atoms with Gasteiger partial charge >= 0.3 is 0 Å². The molecule has 4 nitrogen and oxygen atoms in total. The standard InChI is InChI=1S/C56H90O4.C2H6/c1-11-15-19-23-27-31-39-57-51-44-49(37-38-55(5,6)7)52(58-40-32-28-24-20-16-12-2)43-47(51)35-36-48-45-54(60-42-34-30-26-22-18-14-4)50(56(8,9)10)46-53(48)59-41-33-29-25-21-17-13-3;1-2/h43-46H,11-34,39-42H2,1-10H3;1-2H3. The second kappa shape index (κ2) is 35.2. The van der Waals surface area contributed by atoms with E-state index in [0.29, 0.717) is 26.4 Å². The van der Waals surface area contributed by atoms with Gasteiger partial charge in [0, 0.05) is 23.1 Å². The Hall–Kier alpha value is -3.24. The second-order valence-electron chi connectivity index (χ2n) is 19.2. The zero-order valence-corrected chi connectivity index (χ0v) is 42.7. The highest BCUT2D eigenvalue weighted by Gasteiger charge is 2.22. The fraction of sp³-hybridized carbons (Fsp3) is 0.724. The van der Waals surface area contributed by atoms with E-state index in [1.54, 1.807) is 0 Å². The van der Waals surface area contributed by atoms with Gasteiger partial charge in [0.2, 0.25) is 0 Å². The summed E-state index contributed by atoms with van der Waals surface area (Å²) in [5.41, 5.74) is 3.42. The first-order valence-corrected chi connectivity index (χ1v) is 25.9. The quantitative estimate of drug-likeness (QED) is 0.0543. The average molecular weight is 857 g/mol. The summed E-state index contributed by atoms with van der Waals surface area (Å²) in [6, 6.07) is 8.48. The van der Waals surface area contributed by atoms with Crippen molar-refractivity contribution in [2.24, 2.45) is 5.41 Å². The van der Waals surface area contributed by atoms with Gasteiger partial charge in [0.15, 0.2) is 0 Å². The lowest BCUT2D eigenvalue weighted by Gasteiger charge is -2.24. The highest BCUT2D eigenvalue weighted by atomic mass is 16.5. The fourth-order valence-electron chi connectivity index (χ4n) is 7.12. The van der Waals surface area contributed by atoms with Crippen LogP contribution in [0.2, 0.25) is 0 Å². The summed E-state index contributed by atoms with van der Waals surface area (Å²) in [5.74, 6) is 17.4. The van der Waals surface area contributed by atoms with Crippen LogP contribution in [0.5, 0.6) is 23.0 Å². The van der Waals surface area contributed by atoms with Crippen LogP contribution in [0.1, 0.15) is 259 Å². The Labute approximate surface area is 385 Å². The van der Waals surface area contributed by atoms with E-state index in [4.69, 9.17) is 18.9 Å². The summed E-state index contributed by atoms with van der Waals surface area (Å²) >= 11 is 0. The molecule has 0 aliphatic heterocycles. The van der Waals surface area contributed by atoms with Crippen molar-refractivity contribution in [3.63, 3.8) is 0 Å². The van der Waals surface area contributed by atoms with Crippen LogP contribution in [-0.2, 0) is 5.41 Å². The third kappa shape index (κ3) is 26.4. The van der Waals surface area contributed by atoms with Crippen LogP contribution in [0, 0.1) is 29.1 Å². The topological polar surface area (TPSA) is 36.9 Å². The van der Waals surface area contributed by atoms with Gasteiger partial charge in [0.05, 0.1) is 43.1 Å². The molecule has 0 spiro atoms. The minimum atomic E-state index is -0.144. The van der Waals surface area contributed by atoms with Crippen molar-refractivity contribution >= 4 is 0 Å². The molecule has 0 aliphatic rings. The number of unbranched alkanes of at least 4 members (excludes halogenated alkanes) is 20. The second-order valence-corrected chi connectivity index (χ2v) is 19.2.